The van der Waals surface area contributed by atoms with Crippen molar-refractivity contribution in [2.75, 3.05) is 19.3 Å². The first-order chi connectivity index (χ1) is 14.3. The quantitative estimate of drug-likeness (QED) is 0.743. The van der Waals surface area contributed by atoms with Crippen LogP contribution in [0.3, 0.4) is 0 Å². The van der Waals surface area contributed by atoms with Gasteiger partial charge >= 0.3 is 0 Å². The van der Waals surface area contributed by atoms with Gasteiger partial charge in [0.1, 0.15) is 17.0 Å². The molecule has 8 heteroatoms. The number of benzene rings is 1. The van der Waals surface area contributed by atoms with Gasteiger partial charge in [0.25, 0.3) is 0 Å². The first-order valence-corrected chi connectivity index (χ1v) is 12.3. The van der Waals surface area contributed by atoms with Crippen LogP contribution in [0.15, 0.2) is 41.7 Å². The third kappa shape index (κ3) is 3.85. The molecule has 1 aliphatic carbocycles. The van der Waals surface area contributed by atoms with Gasteiger partial charge in [-0.15, -0.1) is 0 Å². The molecule has 0 N–H and O–H groups in total. The molecule has 0 unspecified atom stereocenters. The zero-order valence-electron chi connectivity index (χ0n) is 17.1. The summed E-state index contributed by atoms with van der Waals surface area (Å²) in [6, 6.07) is 6.29. The van der Waals surface area contributed by atoms with E-state index in [1.807, 2.05) is 4.90 Å². The van der Waals surface area contributed by atoms with E-state index in [9.17, 15) is 17.6 Å². The molecule has 2 aromatic rings. The summed E-state index contributed by atoms with van der Waals surface area (Å²) < 4.78 is 37.9. The Morgan fingerprint density at radius 2 is 1.87 bits per heavy atom. The third-order valence-electron chi connectivity index (χ3n) is 6.47. The van der Waals surface area contributed by atoms with Gasteiger partial charge in [0.15, 0.2) is 9.84 Å². The number of amides is 1. The molecule has 0 bridgehead atoms. The van der Waals surface area contributed by atoms with E-state index in [-0.39, 0.29) is 22.5 Å². The molecule has 1 aromatic heterocycles. The van der Waals surface area contributed by atoms with Crippen LogP contribution in [0.1, 0.15) is 55.7 Å². The Balaban J connectivity index is 1.63. The van der Waals surface area contributed by atoms with Gasteiger partial charge < -0.3 is 4.90 Å². The maximum absolute atomic E-state index is 13.7. The molecule has 30 heavy (non-hydrogen) atoms. The molecule has 2 fully saturated rings. The molecule has 1 saturated heterocycles. The molecule has 1 aromatic carbocycles. The number of hydrogen-bond acceptors (Lipinski definition) is 5. The van der Waals surface area contributed by atoms with E-state index in [0.717, 1.165) is 50.3 Å². The number of carbonyl (C=O) groups is 1. The molecular formula is C22H26FN3O3S. The van der Waals surface area contributed by atoms with Gasteiger partial charge in [0.05, 0.1) is 11.1 Å². The van der Waals surface area contributed by atoms with Crippen molar-refractivity contribution >= 4 is 15.7 Å². The second-order valence-corrected chi connectivity index (χ2v) is 10.4. The molecular weight excluding hydrogens is 405 g/mol. The van der Waals surface area contributed by atoms with Gasteiger partial charge in [0.2, 0.25) is 5.91 Å². The molecule has 0 radical (unpaired) electrons. The van der Waals surface area contributed by atoms with Crippen LogP contribution in [0.4, 0.5) is 4.39 Å². The summed E-state index contributed by atoms with van der Waals surface area (Å²) in [5.41, 5.74) is 0.737. The van der Waals surface area contributed by atoms with Crippen LogP contribution < -0.4 is 0 Å². The second kappa shape index (κ2) is 8.06. The van der Waals surface area contributed by atoms with Gasteiger partial charge in [-0.2, -0.15) is 0 Å². The van der Waals surface area contributed by atoms with Crippen LogP contribution in [0.25, 0.3) is 0 Å². The van der Waals surface area contributed by atoms with Gasteiger partial charge in [-0.25, -0.2) is 22.8 Å². The highest BCUT2D eigenvalue weighted by molar-refractivity contribution is 7.90. The second-order valence-electron chi connectivity index (χ2n) is 8.43. The van der Waals surface area contributed by atoms with Crippen molar-refractivity contribution in [1.82, 2.24) is 14.9 Å². The molecule has 160 valence electrons. The average Bonchev–Trinajstić information content (AvgIpc) is 3.24. The number of aromatic nitrogens is 2. The lowest BCUT2D eigenvalue weighted by molar-refractivity contribution is -0.138. The van der Waals surface area contributed by atoms with Gasteiger partial charge in [0, 0.05) is 31.5 Å². The molecule has 6 nitrogen and oxygen atoms in total. The maximum Gasteiger partial charge on any atom is 0.233 e. The van der Waals surface area contributed by atoms with Crippen molar-refractivity contribution in [1.29, 1.82) is 0 Å². The fraction of sp³-hybridized carbons (Fsp3) is 0.500. The predicted octanol–water partition coefficient (Wildman–Crippen LogP) is 3.24. The summed E-state index contributed by atoms with van der Waals surface area (Å²) >= 11 is 0. The molecule has 1 aliphatic heterocycles. The number of nitrogens with zero attached hydrogens (tertiary/aromatic N) is 3. The topological polar surface area (TPSA) is 80.2 Å². The summed E-state index contributed by atoms with van der Waals surface area (Å²) in [5, 5.41) is 0. The van der Waals surface area contributed by atoms with Gasteiger partial charge in [-0.1, -0.05) is 25.0 Å². The number of piperidine rings is 1. The zero-order valence-corrected chi connectivity index (χ0v) is 17.9. The summed E-state index contributed by atoms with van der Waals surface area (Å²) in [4.78, 5) is 23.9. The fourth-order valence-corrected chi connectivity index (χ4v) is 5.83. The summed E-state index contributed by atoms with van der Waals surface area (Å²) in [6.07, 6.45) is 8.84. The van der Waals surface area contributed by atoms with Gasteiger partial charge in [-0.3, -0.25) is 4.79 Å². The fourth-order valence-electron chi connectivity index (χ4n) is 4.98. The Labute approximate surface area is 176 Å². The Morgan fingerprint density at radius 3 is 2.53 bits per heavy atom. The monoisotopic (exact) mass is 431 g/mol. The number of halogens is 1. The van der Waals surface area contributed by atoms with Crippen LogP contribution in [-0.2, 0) is 20.0 Å². The van der Waals surface area contributed by atoms with Crippen LogP contribution in [-0.4, -0.2) is 48.5 Å². The first kappa shape index (κ1) is 20.9. The Hall–Kier alpha value is -2.35. The first-order valence-electron chi connectivity index (χ1n) is 10.4. The number of sulfone groups is 1. The molecule has 4 rings (SSSR count). The summed E-state index contributed by atoms with van der Waals surface area (Å²) in [6.45, 7) is 1.07. The average molecular weight is 432 g/mol. The lowest BCUT2D eigenvalue weighted by Gasteiger charge is -2.39. The molecule has 1 atom stereocenters. The number of carbonyl (C=O) groups excluding carboxylic acids is 1. The van der Waals surface area contributed by atoms with Crippen molar-refractivity contribution in [2.24, 2.45) is 0 Å². The minimum atomic E-state index is -3.46. The van der Waals surface area contributed by atoms with E-state index in [4.69, 9.17) is 0 Å². The van der Waals surface area contributed by atoms with Crippen molar-refractivity contribution in [2.45, 2.75) is 54.8 Å². The highest BCUT2D eigenvalue weighted by Gasteiger charge is 2.46. The van der Waals surface area contributed by atoms with Crippen molar-refractivity contribution in [3.05, 3.63) is 53.9 Å². The highest BCUT2D eigenvalue weighted by atomic mass is 32.2. The van der Waals surface area contributed by atoms with Gasteiger partial charge in [-0.05, 0) is 43.4 Å². The van der Waals surface area contributed by atoms with E-state index in [0.29, 0.717) is 18.8 Å². The highest BCUT2D eigenvalue weighted by Crippen LogP contribution is 2.44. The van der Waals surface area contributed by atoms with E-state index >= 15 is 0 Å². The minimum Gasteiger partial charge on any atom is -0.341 e. The SMILES string of the molecule is CS(=O)(=O)c1cncnc1[C@@H]1CCCN(C(=O)C2(c3ccc(F)cc3)CCCC2)C1. The van der Waals surface area contributed by atoms with E-state index < -0.39 is 15.3 Å². The number of hydrogen-bond donors (Lipinski definition) is 0. The minimum absolute atomic E-state index is 0.0614. The number of likely N-dealkylation sites (tertiary alicyclic amines) is 1. The molecule has 1 saturated carbocycles. The normalized spacial score (nSPS) is 21.5. The number of rotatable bonds is 4. The van der Waals surface area contributed by atoms with E-state index in [1.165, 1.54) is 24.7 Å². The van der Waals surface area contributed by atoms with Crippen LogP contribution in [0, 0.1) is 5.82 Å². The predicted molar refractivity (Wildman–Crippen MR) is 110 cm³/mol. The molecule has 1 amide bonds. The molecule has 2 aliphatic rings. The standard InChI is InChI=1S/C22H26FN3O3S/c1-30(28,29)19-13-24-15-25-20(19)16-5-4-12-26(14-16)21(27)22(10-2-3-11-22)17-6-8-18(23)9-7-17/h6-9,13,15-16H,2-5,10-12,14H2,1H3/t16-/m1/s1. The van der Waals surface area contributed by atoms with Crippen LogP contribution in [0.2, 0.25) is 0 Å². The zero-order chi connectivity index (χ0) is 21.4. The molecule has 0 spiro atoms. The van der Waals surface area contributed by atoms with Crippen molar-refractivity contribution in [3.8, 4) is 0 Å². The van der Waals surface area contributed by atoms with E-state index in [2.05, 4.69) is 9.97 Å². The lowest BCUT2D eigenvalue weighted by atomic mass is 9.77. The van der Waals surface area contributed by atoms with Crippen molar-refractivity contribution < 1.29 is 17.6 Å². The largest absolute Gasteiger partial charge is 0.341 e. The van der Waals surface area contributed by atoms with E-state index in [1.54, 1.807) is 12.1 Å². The Bertz CT molecular complexity index is 1030. The third-order valence-corrected chi connectivity index (χ3v) is 7.58. The van der Waals surface area contributed by atoms with Crippen molar-refractivity contribution in [3.63, 3.8) is 0 Å². The Morgan fingerprint density at radius 1 is 1.17 bits per heavy atom. The van der Waals surface area contributed by atoms with Crippen LogP contribution in [0.5, 0.6) is 0 Å². The smallest absolute Gasteiger partial charge is 0.233 e. The lowest BCUT2D eigenvalue weighted by Crippen LogP contribution is -2.49. The summed E-state index contributed by atoms with van der Waals surface area (Å²) in [7, 11) is -3.46. The molecule has 2 heterocycles. The summed E-state index contributed by atoms with van der Waals surface area (Å²) in [5.74, 6) is -0.400. The Kier molecular flexibility index (Phi) is 5.61. The maximum atomic E-state index is 13.7. The van der Waals surface area contributed by atoms with Crippen LogP contribution >= 0.6 is 0 Å².